The van der Waals surface area contributed by atoms with Gasteiger partial charge in [0.1, 0.15) is 11.7 Å². The molecule has 32 heavy (non-hydrogen) atoms. The van der Waals surface area contributed by atoms with E-state index in [1.54, 1.807) is 23.3 Å². The molecule has 2 aliphatic rings. The number of furan rings is 1. The first-order valence-corrected chi connectivity index (χ1v) is 12.2. The molecule has 0 atom stereocenters. The number of benzene rings is 2. The summed E-state index contributed by atoms with van der Waals surface area (Å²) in [7, 11) is -3.78. The summed E-state index contributed by atoms with van der Waals surface area (Å²) in [5.74, 6) is -0.0392. The summed E-state index contributed by atoms with van der Waals surface area (Å²) in [5, 5.41) is 10.2. The molecule has 2 aromatic carbocycles. The second-order valence-electron chi connectivity index (χ2n) is 8.30. The normalized spacial score (nSPS) is 16.8. The van der Waals surface area contributed by atoms with Crippen LogP contribution in [0.2, 0.25) is 0 Å². The van der Waals surface area contributed by atoms with Crippen molar-refractivity contribution in [2.45, 2.75) is 30.6 Å². The Hall–Kier alpha value is -3.15. The maximum Gasteiger partial charge on any atom is 0.244 e. The van der Waals surface area contributed by atoms with Crippen LogP contribution in [-0.2, 0) is 34.1 Å². The Morgan fingerprint density at radius 1 is 1.06 bits per heavy atom. The summed E-state index contributed by atoms with van der Waals surface area (Å²) in [6.45, 7) is 1.04. The number of sulfonamides is 1. The van der Waals surface area contributed by atoms with E-state index >= 15 is 0 Å². The van der Waals surface area contributed by atoms with E-state index < -0.39 is 10.0 Å². The fraction of sp³-hybridized carbons (Fsp3) is 0.333. The van der Waals surface area contributed by atoms with Crippen LogP contribution in [-0.4, -0.2) is 49.7 Å². The number of nitrogens with zero attached hydrogens (tertiary/aromatic N) is 3. The van der Waals surface area contributed by atoms with Gasteiger partial charge in [0.05, 0.1) is 23.1 Å². The molecule has 0 N–H and O–H groups in total. The lowest BCUT2D eigenvalue weighted by molar-refractivity contribution is -0.131. The van der Waals surface area contributed by atoms with E-state index in [4.69, 9.17) is 4.42 Å². The molecule has 5 rings (SSSR count). The van der Waals surface area contributed by atoms with Crippen molar-refractivity contribution in [1.29, 1.82) is 5.26 Å². The van der Waals surface area contributed by atoms with Gasteiger partial charge in [-0.2, -0.15) is 9.57 Å². The molecule has 164 valence electrons. The lowest BCUT2D eigenvalue weighted by Crippen LogP contribution is -2.50. The molecule has 0 spiro atoms. The van der Waals surface area contributed by atoms with Crippen molar-refractivity contribution in [3.8, 4) is 6.07 Å². The molecule has 2 heterocycles. The lowest BCUT2D eigenvalue weighted by atomic mass is 10.0. The molecule has 1 amide bonds. The van der Waals surface area contributed by atoms with E-state index in [0.717, 1.165) is 35.8 Å². The quantitative estimate of drug-likeness (QED) is 0.610. The predicted molar refractivity (Wildman–Crippen MR) is 118 cm³/mol. The SMILES string of the molecule is N#Cc1ccccc1S(=O)(=O)N1CCN(C(=O)Cc2coc3cc4c(cc23)CCC4)CC1. The van der Waals surface area contributed by atoms with Gasteiger partial charge in [-0.25, -0.2) is 8.42 Å². The standard InChI is InChI=1S/C24H23N3O4S/c25-15-19-4-1-2-7-23(19)32(29,30)27-10-8-26(9-11-27)24(28)14-20-16-31-22-13-18-6-3-5-17(18)12-21(20)22/h1-2,4,7,12-13,16H,3,5-6,8-11,14H2. The van der Waals surface area contributed by atoms with Crippen LogP contribution in [0, 0.1) is 11.3 Å². The second kappa shape index (κ2) is 8.08. The molecule has 0 radical (unpaired) electrons. The van der Waals surface area contributed by atoms with Crippen LogP contribution in [0.4, 0.5) is 0 Å². The van der Waals surface area contributed by atoms with Crippen molar-refractivity contribution >= 4 is 26.9 Å². The minimum atomic E-state index is -3.78. The summed E-state index contributed by atoms with van der Waals surface area (Å²) in [4.78, 5) is 14.7. The lowest BCUT2D eigenvalue weighted by Gasteiger charge is -2.34. The predicted octanol–water partition coefficient (Wildman–Crippen LogP) is 2.87. The Balaban J connectivity index is 1.27. The van der Waals surface area contributed by atoms with E-state index in [-0.39, 0.29) is 35.9 Å². The van der Waals surface area contributed by atoms with E-state index in [1.807, 2.05) is 6.07 Å². The van der Waals surface area contributed by atoms with Gasteiger partial charge in [0.25, 0.3) is 0 Å². The molecule has 3 aromatic rings. The Kier molecular flexibility index (Phi) is 5.24. The number of hydrogen-bond donors (Lipinski definition) is 0. The number of carbonyl (C=O) groups excluding carboxylic acids is 1. The van der Waals surface area contributed by atoms with Crippen LogP contribution in [0.15, 0.2) is 52.0 Å². The molecule has 1 aliphatic carbocycles. The van der Waals surface area contributed by atoms with Crippen LogP contribution < -0.4 is 0 Å². The molecule has 0 unspecified atom stereocenters. The van der Waals surface area contributed by atoms with Crippen molar-refractivity contribution in [1.82, 2.24) is 9.21 Å². The molecular weight excluding hydrogens is 426 g/mol. The van der Waals surface area contributed by atoms with Gasteiger partial charge in [0.15, 0.2) is 0 Å². The van der Waals surface area contributed by atoms with Crippen LogP contribution in [0.1, 0.15) is 28.7 Å². The van der Waals surface area contributed by atoms with Gasteiger partial charge in [-0.05, 0) is 54.7 Å². The Bertz CT molecular complexity index is 1350. The van der Waals surface area contributed by atoms with Gasteiger partial charge >= 0.3 is 0 Å². The van der Waals surface area contributed by atoms with Gasteiger partial charge < -0.3 is 9.32 Å². The summed E-state index contributed by atoms with van der Waals surface area (Å²) < 4.78 is 33.1. The van der Waals surface area contributed by atoms with Crippen molar-refractivity contribution in [2.24, 2.45) is 0 Å². The molecule has 1 aliphatic heterocycles. The number of fused-ring (bicyclic) bond motifs is 2. The number of hydrogen-bond acceptors (Lipinski definition) is 5. The van der Waals surface area contributed by atoms with Crippen LogP contribution >= 0.6 is 0 Å². The third kappa shape index (κ3) is 3.57. The maximum atomic E-state index is 13.0. The summed E-state index contributed by atoms with van der Waals surface area (Å²) >= 11 is 0. The number of carbonyl (C=O) groups is 1. The Morgan fingerprint density at radius 2 is 1.78 bits per heavy atom. The Morgan fingerprint density at radius 3 is 2.53 bits per heavy atom. The smallest absolute Gasteiger partial charge is 0.244 e. The summed E-state index contributed by atoms with van der Waals surface area (Å²) in [6.07, 6.45) is 5.19. The van der Waals surface area contributed by atoms with E-state index in [0.29, 0.717) is 13.1 Å². The van der Waals surface area contributed by atoms with Crippen LogP contribution in [0.3, 0.4) is 0 Å². The Labute approximate surface area is 186 Å². The first-order valence-electron chi connectivity index (χ1n) is 10.8. The fourth-order valence-electron chi connectivity index (χ4n) is 4.66. The number of aryl methyl sites for hydroxylation is 2. The number of nitriles is 1. The maximum absolute atomic E-state index is 13.0. The van der Waals surface area contributed by atoms with E-state index in [2.05, 4.69) is 12.1 Å². The fourth-order valence-corrected chi connectivity index (χ4v) is 6.22. The molecule has 1 fully saturated rings. The van der Waals surface area contributed by atoms with Gasteiger partial charge in [0.2, 0.25) is 15.9 Å². The van der Waals surface area contributed by atoms with Crippen molar-refractivity contribution in [3.05, 3.63) is 64.9 Å². The van der Waals surface area contributed by atoms with Crippen molar-refractivity contribution < 1.29 is 17.6 Å². The van der Waals surface area contributed by atoms with E-state index in [9.17, 15) is 18.5 Å². The van der Waals surface area contributed by atoms with Crippen LogP contribution in [0.5, 0.6) is 0 Å². The summed E-state index contributed by atoms with van der Waals surface area (Å²) in [6, 6.07) is 12.4. The average Bonchev–Trinajstić information content (AvgIpc) is 3.44. The zero-order valence-corrected chi connectivity index (χ0v) is 18.4. The highest BCUT2D eigenvalue weighted by Gasteiger charge is 2.31. The number of amides is 1. The molecular formula is C24H23N3O4S. The highest BCUT2D eigenvalue weighted by Crippen LogP contribution is 2.31. The zero-order chi connectivity index (χ0) is 22.3. The monoisotopic (exact) mass is 449 g/mol. The molecule has 1 aromatic heterocycles. The molecule has 7 nitrogen and oxygen atoms in total. The third-order valence-electron chi connectivity index (χ3n) is 6.43. The van der Waals surface area contributed by atoms with Gasteiger partial charge in [-0.1, -0.05) is 12.1 Å². The molecule has 0 bridgehead atoms. The minimum Gasteiger partial charge on any atom is -0.464 e. The highest BCUT2D eigenvalue weighted by atomic mass is 32.2. The molecule has 1 saturated heterocycles. The van der Waals surface area contributed by atoms with Gasteiger partial charge in [-0.3, -0.25) is 4.79 Å². The van der Waals surface area contributed by atoms with Crippen molar-refractivity contribution in [2.75, 3.05) is 26.2 Å². The first-order chi connectivity index (χ1) is 15.5. The third-order valence-corrected chi connectivity index (χ3v) is 8.38. The van der Waals surface area contributed by atoms with Gasteiger partial charge in [-0.15, -0.1) is 0 Å². The number of rotatable bonds is 4. The zero-order valence-electron chi connectivity index (χ0n) is 17.6. The number of piperazine rings is 1. The highest BCUT2D eigenvalue weighted by molar-refractivity contribution is 7.89. The average molecular weight is 450 g/mol. The summed E-state index contributed by atoms with van der Waals surface area (Å²) in [5.41, 5.74) is 4.49. The van der Waals surface area contributed by atoms with Gasteiger partial charge in [0, 0.05) is 37.1 Å². The second-order valence-corrected chi connectivity index (χ2v) is 10.2. The molecule has 8 heteroatoms. The van der Waals surface area contributed by atoms with E-state index in [1.165, 1.54) is 27.6 Å². The topological polar surface area (TPSA) is 94.6 Å². The minimum absolute atomic E-state index is 0.0136. The molecule has 0 saturated carbocycles. The first kappa shape index (κ1) is 20.7. The van der Waals surface area contributed by atoms with Crippen molar-refractivity contribution in [3.63, 3.8) is 0 Å². The largest absolute Gasteiger partial charge is 0.464 e. The van der Waals surface area contributed by atoms with Crippen LogP contribution in [0.25, 0.3) is 11.0 Å².